The van der Waals surface area contributed by atoms with E-state index in [4.69, 9.17) is 0 Å². The maximum absolute atomic E-state index is 2.48. The first kappa shape index (κ1) is 26.8. The molecule has 0 amide bonds. The molecule has 0 aliphatic heterocycles. The van der Waals surface area contributed by atoms with E-state index in [0.29, 0.717) is 0 Å². The van der Waals surface area contributed by atoms with Crippen molar-refractivity contribution in [1.82, 2.24) is 9.13 Å². The smallest absolute Gasteiger partial charge is 0.0641 e. The number of hydrogen-bond donors (Lipinski definition) is 0. The van der Waals surface area contributed by atoms with E-state index in [-0.39, 0.29) is 0 Å². The fourth-order valence-electron chi connectivity index (χ4n) is 7.78. The van der Waals surface area contributed by atoms with Crippen LogP contribution >= 0.6 is 0 Å². The van der Waals surface area contributed by atoms with Gasteiger partial charge in [0.25, 0.3) is 0 Å². The van der Waals surface area contributed by atoms with E-state index in [0.717, 1.165) is 11.4 Å². The van der Waals surface area contributed by atoms with Gasteiger partial charge in [0.15, 0.2) is 0 Å². The van der Waals surface area contributed by atoms with Gasteiger partial charge in [-0.1, -0.05) is 133 Å². The summed E-state index contributed by atoms with van der Waals surface area (Å²) in [5.74, 6) is 0. The van der Waals surface area contributed by atoms with Crippen LogP contribution in [-0.4, -0.2) is 9.13 Å². The summed E-state index contributed by atoms with van der Waals surface area (Å²) in [6, 6.07) is 66.2. The van der Waals surface area contributed by atoms with Gasteiger partial charge in [0.2, 0.25) is 0 Å². The predicted octanol–water partition coefficient (Wildman–Crippen LogP) is 12.4. The van der Waals surface area contributed by atoms with Gasteiger partial charge in [0.05, 0.1) is 22.1 Å². The van der Waals surface area contributed by atoms with Crippen LogP contribution in [0.1, 0.15) is 0 Å². The summed E-state index contributed by atoms with van der Waals surface area (Å²) < 4.78 is 4.94. The topological polar surface area (TPSA) is 9.86 Å². The second-order valence-corrected chi connectivity index (χ2v) is 12.6. The normalized spacial score (nSPS) is 11.8. The first-order valence-corrected chi connectivity index (χ1v) is 16.5. The molecule has 224 valence electrons. The summed E-state index contributed by atoms with van der Waals surface area (Å²) in [5, 5.41) is 7.60. The number of fused-ring (bicyclic) bond motifs is 9. The van der Waals surface area contributed by atoms with Crippen molar-refractivity contribution in [3.8, 4) is 33.6 Å². The Bertz CT molecular complexity index is 2750. The molecule has 0 saturated heterocycles. The zero-order chi connectivity index (χ0) is 31.6. The Balaban J connectivity index is 1.37. The van der Waals surface area contributed by atoms with Crippen LogP contribution in [0.5, 0.6) is 0 Å². The molecule has 0 N–H and O–H groups in total. The van der Waals surface area contributed by atoms with Crippen molar-refractivity contribution in [3.63, 3.8) is 0 Å². The van der Waals surface area contributed by atoms with Gasteiger partial charge in [-0.25, -0.2) is 0 Å². The highest BCUT2D eigenvalue weighted by molar-refractivity contribution is 6.30. The molecule has 10 aromatic rings. The van der Waals surface area contributed by atoms with E-state index in [2.05, 4.69) is 191 Å². The second-order valence-electron chi connectivity index (χ2n) is 12.6. The van der Waals surface area contributed by atoms with E-state index >= 15 is 0 Å². The van der Waals surface area contributed by atoms with Crippen LogP contribution < -0.4 is 0 Å². The standard InChI is InChI=1S/C46H30N2/c1-4-14-31(15-5-1)34-28-35(32-16-6-2-7-17-32)30-37(29-34)47-41-23-13-12-22-39(41)45-43(47)27-25-40-44-38-21-11-10-18-33(38)24-26-42(44)48(46(40)45)36-19-8-3-9-20-36/h1-30H. The van der Waals surface area contributed by atoms with Crippen LogP contribution in [0.2, 0.25) is 0 Å². The molecule has 8 aromatic carbocycles. The summed E-state index contributed by atoms with van der Waals surface area (Å²) in [7, 11) is 0. The van der Waals surface area contributed by atoms with Gasteiger partial charge in [-0.05, 0) is 81.6 Å². The Hall–Kier alpha value is -6.38. The molecule has 0 radical (unpaired) electrons. The Morgan fingerprint density at radius 2 is 0.854 bits per heavy atom. The van der Waals surface area contributed by atoms with Gasteiger partial charge in [-0.2, -0.15) is 0 Å². The monoisotopic (exact) mass is 610 g/mol. The summed E-state index contributed by atoms with van der Waals surface area (Å²) in [6.07, 6.45) is 0. The third kappa shape index (κ3) is 4.00. The molecular formula is C46H30N2. The maximum atomic E-state index is 2.48. The lowest BCUT2D eigenvalue weighted by atomic mass is 9.98. The van der Waals surface area contributed by atoms with Gasteiger partial charge < -0.3 is 9.13 Å². The minimum absolute atomic E-state index is 1.15. The van der Waals surface area contributed by atoms with E-state index in [9.17, 15) is 0 Å². The lowest BCUT2D eigenvalue weighted by molar-refractivity contribution is 1.17. The molecule has 0 bridgehead atoms. The number of nitrogens with zero attached hydrogens (tertiary/aromatic N) is 2. The summed E-state index contributed by atoms with van der Waals surface area (Å²) >= 11 is 0. The fourth-order valence-corrected chi connectivity index (χ4v) is 7.78. The van der Waals surface area contributed by atoms with Gasteiger partial charge >= 0.3 is 0 Å². The molecule has 0 spiro atoms. The first-order chi connectivity index (χ1) is 23.8. The van der Waals surface area contributed by atoms with Gasteiger partial charge in [0, 0.05) is 32.9 Å². The summed E-state index contributed by atoms with van der Waals surface area (Å²) in [6.45, 7) is 0. The first-order valence-electron chi connectivity index (χ1n) is 16.5. The molecule has 0 aliphatic rings. The number of rotatable bonds is 4. The largest absolute Gasteiger partial charge is 0.309 e. The van der Waals surface area contributed by atoms with Crippen LogP contribution in [-0.2, 0) is 0 Å². The van der Waals surface area contributed by atoms with E-state index < -0.39 is 0 Å². The number of para-hydroxylation sites is 2. The van der Waals surface area contributed by atoms with Crippen molar-refractivity contribution >= 4 is 54.4 Å². The highest BCUT2D eigenvalue weighted by Crippen LogP contribution is 2.44. The predicted molar refractivity (Wildman–Crippen MR) is 203 cm³/mol. The average Bonchev–Trinajstić information content (AvgIpc) is 3.69. The molecular weight excluding hydrogens is 581 g/mol. The van der Waals surface area contributed by atoms with Crippen molar-refractivity contribution in [2.75, 3.05) is 0 Å². The number of aromatic nitrogens is 2. The molecule has 0 unspecified atom stereocenters. The molecule has 2 heteroatoms. The van der Waals surface area contributed by atoms with Gasteiger partial charge in [-0.15, -0.1) is 0 Å². The summed E-state index contributed by atoms with van der Waals surface area (Å²) in [4.78, 5) is 0. The van der Waals surface area contributed by atoms with Crippen LogP contribution in [0.3, 0.4) is 0 Å². The van der Waals surface area contributed by atoms with Crippen LogP contribution in [0.4, 0.5) is 0 Å². The fraction of sp³-hybridized carbons (Fsp3) is 0. The minimum atomic E-state index is 1.15. The molecule has 0 atom stereocenters. The average molecular weight is 611 g/mol. The minimum Gasteiger partial charge on any atom is -0.309 e. The van der Waals surface area contributed by atoms with Crippen LogP contribution in [0, 0.1) is 0 Å². The van der Waals surface area contributed by atoms with E-state index in [1.165, 1.54) is 76.6 Å². The lowest BCUT2D eigenvalue weighted by Crippen LogP contribution is -1.96. The van der Waals surface area contributed by atoms with Crippen LogP contribution in [0.25, 0.3) is 88.0 Å². The molecule has 0 fully saturated rings. The van der Waals surface area contributed by atoms with Crippen molar-refractivity contribution in [3.05, 3.63) is 182 Å². The Morgan fingerprint density at radius 1 is 0.292 bits per heavy atom. The van der Waals surface area contributed by atoms with Gasteiger partial charge in [-0.3, -0.25) is 0 Å². The Kier molecular flexibility index (Phi) is 5.91. The Labute approximate surface area is 278 Å². The summed E-state index contributed by atoms with van der Waals surface area (Å²) in [5.41, 5.74) is 12.0. The van der Waals surface area contributed by atoms with Crippen molar-refractivity contribution in [2.45, 2.75) is 0 Å². The number of hydrogen-bond acceptors (Lipinski definition) is 0. The SMILES string of the molecule is c1ccc(-c2cc(-c3ccccc3)cc(-n3c4ccccc4c4c3ccc3c5c6ccccc6ccc5n(-c5ccccc5)c34)c2)cc1. The molecule has 0 aliphatic carbocycles. The molecule has 2 heterocycles. The molecule has 0 saturated carbocycles. The highest BCUT2D eigenvalue weighted by Gasteiger charge is 2.22. The third-order valence-electron chi connectivity index (χ3n) is 9.86. The lowest BCUT2D eigenvalue weighted by Gasteiger charge is -2.14. The van der Waals surface area contributed by atoms with Gasteiger partial charge in [0.1, 0.15) is 0 Å². The Morgan fingerprint density at radius 3 is 1.56 bits per heavy atom. The highest BCUT2D eigenvalue weighted by atomic mass is 15.0. The molecule has 2 aromatic heterocycles. The molecule has 10 rings (SSSR count). The molecule has 48 heavy (non-hydrogen) atoms. The van der Waals surface area contributed by atoms with Crippen molar-refractivity contribution < 1.29 is 0 Å². The molecule has 2 nitrogen and oxygen atoms in total. The number of benzene rings is 8. The van der Waals surface area contributed by atoms with E-state index in [1.54, 1.807) is 0 Å². The van der Waals surface area contributed by atoms with Crippen LogP contribution in [0.15, 0.2) is 182 Å². The third-order valence-corrected chi connectivity index (χ3v) is 9.86. The van der Waals surface area contributed by atoms with Crippen molar-refractivity contribution in [1.29, 1.82) is 0 Å². The van der Waals surface area contributed by atoms with E-state index in [1.807, 2.05) is 0 Å². The zero-order valence-electron chi connectivity index (χ0n) is 26.2. The van der Waals surface area contributed by atoms with Crippen molar-refractivity contribution in [2.24, 2.45) is 0 Å². The maximum Gasteiger partial charge on any atom is 0.0641 e. The zero-order valence-corrected chi connectivity index (χ0v) is 26.2. The quantitative estimate of drug-likeness (QED) is 0.188. The second kappa shape index (κ2) is 10.6.